The Morgan fingerprint density at radius 3 is 2.79 bits per heavy atom. The Hall–Kier alpha value is -0.840. The van der Waals surface area contributed by atoms with Gasteiger partial charge >= 0.3 is 5.97 Å². The molecule has 0 radical (unpaired) electrons. The zero-order chi connectivity index (χ0) is 10.3. The first-order chi connectivity index (χ1) is 6.58. The summed E-state index contributed by atoms with van der Waals surface area (Å²) >= 11 is 12.7. The van der Waals surface area contributed by atoms with Crippen molar-refractivity contribution in [2.45, 2.75) is 0 Å². The molecule has 0 bridgehead atoms. The van der Waals surface area contributed by atoms with Gasteiger partial charge in [0.15, 0.2) is 5.69 Å². The second-order valence-electron chi connectivity index (χ2n) is 2.56. The largest absolute Gasteiger partial charge is 0.476 e. The van der Waals surface area contributed by atoms with Crippen molar-refractivity contribution in [3.05, 3.63) is 27.3 Å². The smallest absolute Gasteiger partial charge is 0.355 e. The van der Waals surface area contributed by atoms with Crippen LogP contribution >= 0.6 is 34.5 Å². The summed E-state index contributed by atoms with van der Waals surface area (Å²) in [6.07, 6.45) is 0. The summed E-state index contributed by atoms with van der Waals surface area (Å²) in [7, 11) is 0. The lowest BCUT2D eigenvalue weighted by Gasteiger charge is -1.96. The van der Waals surface area contributed by atoms with Crippen molar-refractivity contribution < 1.29 is 9.90 Å². The predicted octanol–water partition coefficient (Wildman–Crippen LogP) is 3.30. The number of hydrogen-bond acceptors (Lipinski definition) is 3. The first-order valence-corrected chi connectivity index (χ1v) is 5.14. The van der Waals surface area contributed by atoms with Crippen LogP contribution in [0.1, 0.15) is 10.5 Å². The van der Waals surface area contributed by atoms with Gasteiger partial charge in [-0.2, -0.15) is 0 Å². The second-order valence-corrected chi connectivity index (χ2v) is 4.66. The van der Waals surface area contributed by atoms with E-state index in [0.29, 0.717) is 9.72 Å². The third-order valence-corrected chi connectivity index (χ3v) is 3.06. The molecule has 2 heterocycles. The second kappa shape index (κ2) is 3.38. The van der Waals surface area contributed by atoms with Gasteiger partial charge in [0.2, 0.25) is 0 Å². The van der Waals surface area contributed by atoms with Crippen LogP contribution in [0.2, 0.25) is 9.49 Å². The fourth-order valence-corrected chi connectivity index (χ4v) is 2.58. The fourth-order valence-electron chi connectivity index (χ4n) is 1.14. The molecule has 0 amide bonds. The third-order valence-electron chi connectivity index (χ3n) is 1.66. The van der Waals surface area contributed by atoms with Crippen LogP contribution in [0.3, 0.4) is 0 Å². The molecule has 0 aliphatic carbocycles. The number of carbonyl (C=O) groups is 1. The molecular weight excluding hydrogens is 245 g/mol. The summed E-state index contributed by atoms with van der Waals surface area (Å²) in [4.78, 5) is 14.5. The number of hydrogen-bond donors (Lipinski definition) is 1. The van der Waals surface area contributed by atoms with E-state index < -0.39 is 5.97 Å². The zero-order valence-corrected chi connectivity index (χ0v) is 8.95. The van der Waals surface area contributed by atoms with E-state index in [-0.39, 0.29) is 10.8 Å². The van der Waals surface area contributed by atoms with Crippen molar-refractivity contribution in [3.8, 4) is 0 Å². The number of pyridine rings is 1. The molecule has 14 heavy (non-hydrogen) atoms. The van der Waals surface area contributed by atoms with E-state index in [1.807, 2.05) is 0 Å². The van der Waals surface area contributed by atoms with Gasteiger partial charge in [-0.05, 0) is 12.1 Å². The van der Waals surface area contributed by atoms with Crippen LogP contribution in [-0.2, 0) is 0 Å². The number of halogens is 2. The molecule has 2 aromatic rings. The van der Waals surface area contributed by atoms with Gasteiger partial charge in [0.05, 0.1) is 4.34 Å². The lowest BCUT2D eigenvalue weighted by Crippen LogP contribution is -2.00. The summed E-state index contributed by atoms with van der Waals surface area (Å²) < 4.78 is 1.25. The highest BCUT2D eigenvalue weighted by Gasteiger charge is 2.14. The van der Waals surface area contributed by atoms with E-state index in [4.69, 9.17) is 28.3 Å². The lowest BCUT2D eigenvalue weighted by atomic mass is 10.2. The van der Waals surface area contributed by atoms with Crippen LogP contribution in [0.15, 0.2) is 12.1 Å². The van der Waals surface area contributed by atoms with Crippen LogP contribution in [0.5, 0.6) is 0 Å². The number of thiophene rings is 1. The summed E-state index contributed by atoms with van der Waals surface area (Å²) in [6, 6.07) is 3.17. The minimum Gasteiger partial charge on any atom is -0.476 e. The SMILES string of the molecule is O=C(O)c1nc(Cl)cc2sc(Cl)cc12. The third kappa shape index (κ3) is 1.56. The molecule has 0 spiro atoms. The number of fused-ring (bicyclic) bond motifs is 1. The Labute approximate surface area is 92.9 Å². The van der Waals surface area contributed by atoms with Gasteiger partial charge in [0.25, 0.3) is 0 Å². The minimum absolute atomic E-state index is 0.0596. The van der Waals surface area contributed by atoms with Crippen LogP contribution in [0.25, 0.3) is 10.1 Å². The molecule has 0 fully saturated rings. The summed E-state index contributed by atoms with van der Waals surface area (Å²) in [5.74, 6) is -1.10. The molecule has 0 atom stereocenters. The molecule has 6 heteroatoms. The van der Waals surface area contributed by atoms with Crippen LogP contribution in [-0.4, -0.2) is 16.1 Å². The first kappa shape index (κ1) is 9.71. The monoisotopic (exact) mass is 247 g/mol. The van der Waals surface area contributed by atoms with Crippen molar-refractivity contribution in [3.63, 3.8) is 0 Å². The maximum Gasteiger partial charge on any atom is 0.355 e. The van der Waals surface area contributed by atoms with E-state index in [0.717, 1.165) is 4.70 Å². The number of carboxylic acid groups (broad SMARTS) is 1. The Morgan fingerprint density at radius 2 is 2.14 bits per heavy atom. The summed E-state index contributed by atoms with van der Waals surface area (Å²) in [5.41, 5.74) is -0.0596. The van der Waals surface area contributed by atoms with Crippen molar-refractivity contribution >= 4 is 50.6 Å². The van der Waals surface area contributed by atoms with Gasteiger partial charge in [0, 0.05) is 10.1 Å². The topological polar surface area (TPSA) is 50.2 Å². The van der Waals surface area contributed by atoms with E-state index in [1.54, 1.807) is 12.1 Å². The Kier molecular flexibility index (Phi) is 2.34. The molecule has 0 aliphatic rings. The zero-order valence-electron chi connectivity index (χ0n) is 6.62. The highest BCUT2D eigenvalue weighted by atomic mass is 35.5. The van der Waals surface area contributed by atoms with E-state index in [2.05, 4.69) is 4.98 Å². The molecule has 0 aromatic carbocycles. The minimum atomic E-state index is -1.10. The standard InChI is InChI=1S/C8H3Cl2NO2S/c9-5-2-4-3(1-6(10)14-4)7(11-5)8(12)13/h1-2H,(H,12,13). The van der Waals surface area contributed by atoms with E-state index >= 15 is 0 Å². The number of aromatic carboxylic acids is 1. The normalized spacial score (nSPS) is 10.7. The quantitative estimate of drug-likeness (QED) is 0.787. The highest BCUT2D eigenvalue weighted by Crippen LogP contribution is 2.32. The maximum absolute atomic E-state index is 10.8. The van der Waals surface area contributed by atoms with Crippen molar-refractivity contribution in [1.82, 2.24) is 4.98 Å². The molecule has 0 saturated heterocycles. The van der Waals surface area contributed by atoms with Gasteiger partial charge in [-0.25, -0.2) is 9.78 Å². The fraction of sp³-hybridized carbons (Fsp3) is 0. The molecule has 3 nitrogen and oxygen atoms in total. The molecular formula is C8H3Cl2NO2S. The number of nitrogens with zero attached hydrogens (tertiary/aromatic N) is 1. The van der Waals surface area contributed by atoms with Crippen LogP contribution in [0, 0.1) is 0 Å². The molecule has 72 valence electrons. The van der Waals surface area contributed by atoms with Crippen molar-refractivity contribution in [2.75, 3.05) is 0 Å². The maximum atomic E-state index is 10.8. The Bertz CT molecular complexity index is 523. The molecule has 0 saturated carbocycles. The molecule has 2 aromatic heterocycles. The van der Waals surface area contributed by atoms with Crippen molar-refractivity contribution in [1.29, 1.82) is 0 Å². The van der Waals surface area contributed by atoms with Gasteiger partial charge in [-0.3, -0.25) is 0 Å². The van der Waals surface area contributed by atoms with Crippen LogP contribution < -0.4 is 0 Å². The van der Waals surface area contributed by atoms with Gasteiger partial charge < -0.3 is 5.11 Å². The summed E-state index contributed by atoms with van der Waals surface area (Å²) in [5, 5.41) is 9.54. The predicted molar refractivity (Wildman–Crippen MR) is 56.6 cm³/mol. The molecule has 2 rings (SSSR count). The summed E-state index contributed by atoms with van der Waals surface area (Å²) in [6.45, 7) is 0. The molecule has 1 N–H and O–H groups in total. The number of carboxylic acids is 1. The van der Waals surface area contributed by atoms with E-state index in [9.17, 15) is 4.79 Å². The van der Waals surface area contributed by atoms with Crippen LogP contribution in [0.4, 0.5) is 0 Å². The average molecular weight is 248 g/mol. The number of rotatable bonds is 1. The average Bonchev–Trinajstić information content (AvgIpc) is 2.42. The number of aromatic nitrogens is 1. The van der Waals surface area contributed by atoms with E-state index in [1.165, 1.54) is 11.3 Å². The molecule has 0 unspecified atom stereocenters. The highest BCUT2D eigenvalue weighted by molar-refractivity contribution is 7.22. The first-order valence-electron chi connectivity index (χ1n) is 3.57. The van der Waals surface area contributed by atoms with Gasteiger partial charge in [-0.1, -0.05) is 23.2 Å². The Balaban J connectivity index is 2.85. The Morgan fingerprint density at radius 1 is 1.43 bits per heavy atom. The van der Waals surface area contributed by atoms with Gasteiger partial charge in [0.1, 0.15) is 5.15 Å². The van der Waals surface area contributed by atoms with Gasteiger partial charge in [-0.15, -0.1) is 11.3 Å². The lowest BCUT2D eigenvalue weighted by molar-refractivity contribution is 0.0693. The van der Waals surface area contributed by atoms with Crippen molar-refractivity contribution in [2.24, 2.45) is 0 Å². The molecule has 0 aliphatic heterocycles.